The second-order valence-corrected chi connectivity index (χ2v) is 6.67. The molecule has 0 fully saturated rings. The van der Waals surface area contributed by atoms with E-state index < -0.39 is 31.1 Å². The summed E-state index contributed by atoms with van der Waals surface area (Å²) in [6, 6.07) is 0. The van der Waals surface area contributed by atoms with Crippen LogP contribution in [0.25, 0.3) is 0 Å². The van der Waals surface area contributed by atoms with Gasteiger partial charge in [-0.05, 0) is 20.8 Å². The van der Waals surface area contributed by atoms with Gasteiger partial charge in [0.25, 0.3) is 9.05 Å². The van der Waals surface area contributed by atoms with Crippen LogP contribution < -0.4 is 0 Å². The molecule has 1 aromatic rings. The molecule has 1 heterocycles. The van der Waals surface area contributed by atoms with Gasteiger partial charge in [0.05, 0.1) is 11.7 Å². The van der Waals surface area contributed by atoms with Crippen LogP contribution >= 0.6 is 10.7 Å². The first kappa shape index (κ1) is 13.0. The Labute approximate surface area is 97.3 Å². The Morgan fingerprint density at radius 1 is 1.50 bits per heavy atom. The van der Waals surface area contributed by atoms with Gasteiger partial charge in [-0.15, -0.1) is 0 Å². The van der Waals surface area contributed by atoms with Crippen LogP contribution in [0.2, 0.25) is 0 Å². The fourth-order valence-electron chi connectivity index (χ4n) is 1.20. The fraction of sp³-hybridized carbons (Fsp3) is 0.500. The van der Waals surface area contributed by atoms with Gasteiger partial charge in [0.2, 0.25) is 0 Å². The van der Waals surface area contributed by atoms with Crippen molar-refractivity contribution in [2.24, 2.45) is 0 Å². The number of rotatable bonds is 2. The van der Waals surface area contributed by atoms with E-state index in [9.17, 15) is 13.2 Å². The van der Waals surface area contributed by atoms with E-state index in [0.717, 1.165) is 10.9 Å². The first-order chi connectivity index (χ1) is 7.05. The van der Waals surface area contributed by atoms with Gasteiger partial charge in [-0.3, -0.25) is 0 Å². The third-order valence-corrected chi connectivity index (χ3v) is 3.12. The maximum absolute atomic E-state index is 11.3. The molecule has 90 valence electrons. The number of halogens is 1. The number of hydrogen-bond donors (Lipinski definition) is 1. The van der Waals surface area contributed by atoms with Crippen LogP contribution in [0.3, 0.4) is 0 Å². The zero-order valence-corrected chi connectivity index (χ0v) is 10.5. The maximum Gasteiger partial charge on any atom is 0.340 e. The van der Waals surface area contributed by atoms with Crippen molar-refractivity contribution in [3.63, 3.8) is 0 Å². The molecule has 0 aliphatic rings. The molecule has 0 aromatic carbocycles. The minimum Gasteiger partial charge on any atom is -0.478 e. The summed E-state index contributed by atoms with van der Waals surface area (Å²) in [7, 11) is 1.05. The quantitative estimate of drug-likeness (QED) is 0.814. The summed E-state index contributed by atoms with van der Waals surface area (Å²) in [5.74, 6) is -1.38. The predicted octanol–water partition coefficient (Wildman–Crippen LogP) is 1.26. The van der Waals surface area contributed by atoms with Crippen molar-refractivity contribution in [3.8, 4) is 0 Å². The van der Waals surface area contributed by atoms with Gasteiger partial charge < -0.3 is 5.11 Å². The first-order valence-corrected chi connectivity index (χ1v) is 6.62. The summed E-state index contributed by atoms with van der Waals surface area (Å²) in [6.45, 7) is 5.07. The van der Waals surface area contributed by atoms with Gasteiger partial charge in [0, 0.05) is 10.7 Å². The third-order valence-electron chi connectivity index (χ3n) is 1.82. The van der Waals surface area contributed by atoms with Crippen LogP contribution in [-0.4, -0.2) is 29.3 Å². The average molecular weight is 267 g/mol. The molecule has 0 atom stereocenters. The number of carbonyl (C=O) groups is 1. The standard InChI is InChI=1S/C8H11ClN2O4S/c1-8(2,3)11-6(16(9,14)15)5(4-10-11)7(12)13/h4H,1-3H3,(H,12,13). The fourth-order valence-corrected chi connectivity index (χ4v) is 2.57. The lowest BCUT2D eigenvalue weighted by Crippen LogP contribution is -2.26. The smallest absolute Gasteiger partial charge is 0.340 e. The zero-order valence-electron chi connectivity index (χ0n) is 8.93. The molecule has 6 nitrogen and oxygen atoms in total. The van der Waals surface area contributed by atoms with Crippen LogP contribution in [-0.2, 0) is 14.6 Å². The van der Waals surface area contributed by atoms with E-state index >= 15 is 0 Å². The third kappa shape index (κ3) is 2.35. The largest absolute Gasteiger partial charge is 0.478 e. The molecule has 0 aliphatic heterocycles. The summed E-state index contributed by atoms with van der Waals surface area (Å²) >= 11 is 0. The zero-order chi connectivity index (χ0) is 12.7. The van der Waals surface area contributed by atoms with E-state index in [-0.39, 0.29) is 0 Å². The molecule has 0 spiro atoms. The van der Waals surface area contributed by atoms with Crippen molar-refractivity contribution in [1.29, 1.82) is 0 Å². The highest BCUT2D eigenvalue weighted by atomic mass is 35.7. The van der Waals surface area contributed by atoms with Crippen molar-refractivity contribution >= 4 is 25.7 Å². The normalized spacial score (nSPS) is 12.8. The molecule has 0 unspecified atom stereocenters. The van der Waals surface area contributed by atoms with Crippen molar-refractivity contribution in [2.75, 3.05) is 0 Å². The number of hydrogen-bond acceptors (Lipinski definition) is 4. The van der Waals surface area contributed by atoms with E-state index in [4.69, 9.17) is 15.8 Å². The topological polar surface area (TPSA) is 89.3 Å². The molecule has 1 N–H and O–H groups in total. The minimum absolute atomic E-state index is 0.426. The van der Waals surface area contributed by atoms with E-state index in [1.165, 1.54) is 0 Å². The lowest BCUT2D eigenvalue weighted by Gasteiger charge is -2.21. The van der Waals surface area contributed by atoms with Gasteiger partial charge in [-0.1, -0.05) is 0 Å². The van der Waals surface area contributed by atoms with Crippen LogP contribution in [0.4, 0.5) is 0 Å². The molecule has 8 heteroatoms. The Bertz CT molecular complexity index is 527. The monoisotopic (exact) mass is 266 g/mol. The van der Waals surface area contributed by atoms with Gasteiger partial charge in [-0.25, -0.2) is 17.9 Å². The Balaban J connectivity index is 3.63. The van der Waals surface area contributed by atoms with Crippen LogP contribution in [0.15, 0.2) is 11.2 Å². The summed E-state index contributed by atoms with van der Waals surface area (Å²) in [5.41, 5.74) is -1.10. The molecule has 0 amide bonds. The van der Waals surface area contributed by atoms with Crippen molar-refractivity contribution in [2.45, 2.75) is 31.3 Å². The molecular weight excluding hydrogens is 256 g/mol. The number of carboxylic acid groups (broad SMARTS) is 1. The Morgan fingerprint density at radius 2 is 2.00 bits per heavy atom. The Kier molecular flexibility index (Phi) is 3.04. The van der Waals surface area contributed by atoms with Crippen molar-refractivity contribution in [3.05, 3.63) is 11.8 Å². The minimum atomic E-state index is -4.16. The van der Waals surface area contributed by atoms with Crippen molar-refractivity contribution in [1.82, 2.24) is 9.78 Å². The van der Waals surface area contributed by atoms with Crippen LogP contribution in [0, 0.1) is 0 Å². The number of nitrogens with zero attached hydrogens (tertiary/aromatic N) is 2. The van der Waals surface area contributed by atoms with Crippen LogP contribution in [0.1, 0.15) is 31.1 Å². The molecule has 0 saturated carbocycles. The second-order valence-electron chi connectivity index (χ2n) is 4.19. The van der Waals surface area contributed by atoms with Gasteiger partial charge in [0.15, 0.2) is 5.03 Å². The Morgan fingerprint density at radius 3 is 2.31 bits per heavy atom. The molecule has 0 aliphatic carbocycles. The van der Waals surface area contributed by atoms with Gasteiger partial charge in [0.1, 0.15) is 5.56 Å². The molecule has 1 rings (SSSR count). The Hall–Kier alpha value is -1.08. The first-order valence-electron chi connectivity index (χ1n) is 4.31. The lowest BCUT2D eigenvalue weighted by molar-refractivity contribution is 0.0691. The molecular formula is C8H11ClN2O4S. The average Bonchev–Trinajstić information content (AvgIpc) is 2.43. The summed E-state index contributed by atoms with van der Waals surface area (Å²) in [6.07, 6.45) is 0.975. The summed E-state index contributed by atoms with van der Waals surface area (Å²) < 4.78 is 23.7. The van der Waals surface area contributed by atoms with E-state index in [1.807, 2.05) is 0 Å². The summed E-state index contributed by atoms with van der Waals surface area (Å²) in [4.78, 5) is 10.8. The lowest BCUT2D eigenvalue weighted by atomic mass is 10.1. The highest BCUT2D eigenvalue weighted by Crippen LogP contribution is 2.25. The second kappa shape index (κ2) is 3.74. The SMILES string of the molecule is CC(C)(C)n1ncc(C(=O)O)c1S(=O)(=O)Cl. The molecule has 0 radical (unpaired) electrons. The predicted molar refractivity (Wildman–Crippen MR) is 57.2 cm³/mol. The van der Waals surface area contributed by atoms with E-state index in [1.54, 1.807) is 20.8 Å². The number of carboxylic acids is 1. The van der Waals surface area contributed by atoms with Gasteiger partial charge >= 0.3 is 5.97 Å². The van der Waals surface area contributed by atoms with E-state index in [0.29, 0.717) is 0 Å². The highest BCUT2D eigenvalue weighted by Gasteiger charge is 2.31. The summed E-state index contributed by atoms with van der Waals surface area (Å²) in [5, 5.41) is 12.1. The maximum atomic E-state index is 11.3. The highest BCUT2D eigenvalue weighted by molar-refractivity contribution is 8.13. The number of aromatic carboxylic acids is 1. The van der Waals surface area contributed by atoms with Crippen molar-refractivity contribution < 1.29 is 18.3 Å². The number of aromatic nitrogens is 2. The molecule has 16 heavy (non-hydrogen) atoms. The van der Waals surface area contributed by atoms with E-state index in [2.05, 4.69) is 5.10 Å². The van der Waals surface area contributed by atoms with Gasteiger partial charge in [-0.2, -0.15) is 5.10 Å². The molecule has 1 aromatic heterocycles. The van der Waals surface area contributed by atoms with Crippen LogP contribution in [0.5, 0.6) is 0 Å². The molecule has 0 saturated heterocycles. The molecule has 0 bridgehead atoms.